The van der Waals surface area contributed by atoms with Crippen molar-refractivity contribution in [3.05, 3.63) is 0 Å². The minimum Gasteiger partial charge on any atom is -0.394 e. The fraction of sp³-hybridized carbons (Fsp3) is 1.00. The third kappa shape index (κ3) is 4.72. The minimum atomic E-state index is -2.04. The Morgan fingerprint density at radius 1 is 0.765 bits per heavy atom. The Bertz CT molecular complexity index is 165. The maximum absolute atomic E-state index is 6.30. The van der Waals surface area contributed by atoms with E-state index in [1.807, 2.05) is 0 Å². The van der Waals surface area contributed by atoms with E-state index in [2.05, 4.69) is 41.5 Å². The van der Waals surface area contributed by atoms with E-state index in [0.29, 0.717) is 11.1 Å². The normalized spacial score (nSPS) is 15.9. The molecule has 0 spiro atoms. The van der Waals surface area contributed by atoms with Crippen molar-refractivity contribution in [1.29, 1.82) is 0 Å². The van der Waals surface area contributed by atoms with Crippen LogP contribution in [0, 0.1) is 0 Å². The molecule has 0 aromatic carbocycles. The van der Waals surface area contributed by atoms with Crippen LogP contribution in [0.25, 0.3) is 0 Å². The van der Waals surface area contributed by atoms with Gasteiger partial charge in [0.15, 0.2) is 0 Å². The lowest BCUT2D eigenvalue weighted by atomic mass is 10.4. The molecule has 2 unspecified atom stereocenters. The topological polar surface area (TPSA) is 18.5 Å². The standard InChI is InChI=1S/C14H32O2Si/c1-7-11-15-17(13(5)9-3,14(6)10-4)16-12-8-2/h13-14H,7-12H2,1-6H3. The Kier molecular flexibility index (Phi) is 9.19. The highest BCUT2D eigenvalue weighted by Gasteiger charge is 2.47. The smallest absolute Gasteiger partial charge is 0.343 e. The molecule has 0 radical (unpaired) electrons. The molecule has 0 saturated heterocycles. The fourth-order valence-corrected chi connectivity index (χ4v) is 6.57. The summed E-state index contributed by atoms with van der Waals surface area (Å²) in [7, 11) is -2.04. The van der Waals surface area contributed by atoms with Gasteiger partial charge in [0.1, 0.15) is 0 Å². The zero-order chi connectivity index (χ0) is 13.3. The first-order chi connectivity index (χ1) is 8.08. The van der Waals surface area contributed by atoms with Crippen LogP contribution < -0.4 is 0 Å². The van der Waals surface area contributed by atoms with Crippen LogP contribution in [-0.2, 0) is 8.85 Å². The van der Waals surface area contributed by atoms with E-state index in [1.165, 1.54) is 0 Å². The quantitative estimate of drug-likeness (QED) is 0.521. The van der Waals surface area contributed by atoms with Crippen molar-refractivity contribution in [1.82, 2.24) is 0 Å². The molecule has 17 heavy (non-hydrogen) atoms. The summed E-state index contributed by atoms with van der Waals surface area (Å²) >= 11 is 0. The molecule has 0 bridgehead atoms. The molecular weight excluding hydrogens is 228 g/mol. The van der Waals surface area contributed by atoms with Crippen LogP contribution in [0.5, 0.6) is 0 Å². The van der Waals surface area contributed by atoms with Crippen LogP contribution in [0.4, 0.5) is 0 Å². The van der Waals surface area contributed by atoms with Gasteiger partial charge in [-0.15, -0.1) is 0 Å². The largest absolute Gasteiger partial charge is 0.394 e. The van der Waals surface area contributed by atoms with Crippen LogP contribution in [0.3, 0.4) is 0 Å². The van der Waals surface area contributed by atoms with Gasteiger partial charge in [-0.05, 0) is 23.9 Å². The maximum atomic E-state index is 6.30. The number of hydrogen-bond acceptors (Lipinski definition) is 2. The molecule has 0 aromatic rings. The lowest BCUT2D eigenvalue weighted by Crippen LogP contribution is -2.50. The van der Waals surface area contributed by atoms with Crippen molar-refractivity contribution in [2.45, 2.75) is 78.3 Å². The van der Waals surface area contributed by atoms with Gasteiger partial charge >= 0.3 is 8.56 Å². The van der Waals surface area contributed by atoms with E-state index in [1.54, 1.807) is 0 Å². The summed E-state index contributed by atoms with van der Waals surface area (Å²) in [5, 5.41) is 0. The molecule has 2 nitrogen and oxygen atoms in total. The molecule has 0 aromatic heterocycles. The van der Waals surface area contributed by atoms with Gasteiger partial charge in [0.2, 0.25) is 0 Å². The Morgan fingerprint density at radius 3 is 1.35 bits per heavy atom. The summed E-state index contributed by atoms with van der Waals surface area (Å²) in [6.07, 6.45) is 4.47. The summed E-state index contributed by atoms with van der Waals surface area (Å²) < 4.78 is 12.6. The molecule has 104 valence electrons. The fourth-order valence-electron chi connectivity index (χ4n) is 2.19. The van der Waals surface area contributed by atoms with Gasteiger partial charge in [-0.25, -0.2) is 0 Å². The molecule has 0 saturated carbocycles. The van der Waals surface area contributed by atoms with Gasteiger partial charge in [0, 0.05) is 13.2 Å². The molecule has 0 rings (SSSR count). The first-order valence-corrected chi connectivity index (χ1v) is 9.33. The Labute approximate surface area is 109 Å². The maximum Gasteiger partial charge on any atom is 0.343 e. The molecule has 0 aliphatic carbocycles. The van der Waals surface area contributed by atoms with E-state index < -0.39 is 8.56 Å². The van der Waals surface area contributed by atoms with Gasteiger partial charge in [0.25, 0.3) is 0 Å². The predicted octanol–water partition coefficient (Wildman–Crippen LogP) is 4.88. The van der Waals surface area contributed by atoms with Gasteiger partial charge in [-0.1, -0.05) is 54.4 Å². The first kappa shape index (κ1) is 17.1. The van der Waals surface area contributed by atoms with Crippen molar-refractivity contribution in [2.24, 2.45) is 0 Å². The van der Waals surface area contributed by atoms with Crippen molar-refractivity contribution in [2.75, 3.05) is 13.2 Å². The summed E-state index contributed by atoms with van der Waals surface area (Å²) in [4.78, 5) is 0. The number of hydrogen-bond donors (Lipinski definition) is 0. The van der Waals surface area contributed by atoms with E-state index in [4.69, 9.17) is 8.85 Å². The predicted molar refractivity (Wildman–Crippen MR) is 77.7 cm³/mol. The van der Waals surface area contributed by atoms with E-state index >= 15 is 0 Å². The lowest BCUT2D eigenvalue weighted by Gasteiger charge is -2.39. The molecule has 3 heteroatoms. The van der Waals surface area contributed by atoms with Crippen LogP contribution in [0.15, 0.2) is 0 Å². The molecular formula is C14H32O2Si. The summed E-state index contributed by atoms with van der Waals surface area (Å²) in [6.45, 7) is 15.2. The molecule has 0 N–H and O–H groups in total. The molecule has 2 atom stereocenters. The first-order valence-electron chi connectivity index (χ1n) is 7.36. The molecule has 0 aliphatic rings. The van der Waals surface area contributed by atoms with Gasteiger partial charge in [-0.3, -0.25) is 0 Å². The Balaban J connectivity index is 4.90. The molecule has 0 fully saturated rings. The second kappa shape index (κ2) is 9.12. The second-order valence-corrected chi connectivity index (χ2v) is 9.03. The van der Waals surface area contributed by atoms with Crippen LogP contribution >= 0.6 is 0 Å². The average molecular weight is 260 g/mol. The van der Waals surface area contributed by atoms with Gasteiger partial charge < -0.3 is 8.85 Å². The molecule has 0 heterocycles. The van der Waals surface area contributed by atoms with Crippen molar-refractivity contribution in [3.63, 3.8) is 0 Å². The zero-order valence-electron chi connectivity index (χ0n) is 12.7. The highest BCUT2D eigenvalue weighted by atomic mass is 28.4. The van der Waals surface area contributed by atoms with Crippen molar-refractivity contribution >= 4 is 8.56 Å². The van der Waals surface area contributed by atoms with Crippen molar-refractivity contribution < 1.29 is 8.85 Å². The number of rotatable bonds is 10. The summed E-state index contributed by atoms with van der Waals surface area (Å²) in [5.41, 5.74) is 1.16. The highest BCUT2D eigenvalue weighted by molar-refractivity contribution is 6.70. The minimum absolute atomic E-state index is 0.579. The van der Waals surface area contributed by atoms with Gasteiger partial charge in [-0.2, -0.15) is 0 Å². The Morgan fingerprint density at radius 2 is 1.12 bits per heavy atom. The summed E-state index contributed by atoms with van der Waals surface area (Å²) in [5.74, 6) is 0. The monoisotopic (exact) mass is 260 g/mol. The summed E-state index contributed by atoms with van der Waals surface area (Å²) in [6, 6.07) is 0. The molecule has 0 aliphatic heterocycles. The van der Waals surface area contributed by atoms with Crippen LogP contribution in [0.1, 0.15) is 67.2 Å². The third-order valence-electron chi connectivity index (χ3n) is 3.66. The Hall–Kier alpha value is 0.137. The van der Waals surface area contributed by atoms with Crippen molar-refractivity contribution in [3.8, 4) is 0 Å². The van der Waals surface area contributed by atoms with E-state index in [0.717, 1.165) is 38.9 Å². The van der Waals surface area contributed by atoms with Crippen LogP contribution in [-0.4, -0.2) is 21.8 Å². The SMILES string of the molecule is CCCO[Si](OCCC)(C(C)CC)C(C)CC. The average Bonchev–Trinajstić information content (AvgIpc) is 2.37. The van der Waals surface area contributed by atoms with E-state index in [9.17, 15) is 0 Å². The van der Waals surface area contributed by atoms with E-state index in [-0.39, 0.29) is 0 Å². The lowest BCUT2D eigenvalue weighted by molar-refractivity contribution is 0.148. The highest BCUT2D eigenvalue weighted by Crippen LogP contribution is 2.39. The molecule has 0 amide bonds. The second-order valence-electron chi connectivity index (χ2n) is 5.04. The van der Waals surface area contributed by atoms with Gasteiger partial charge in [0.05, 0.1) is 0 Å². The van der Waals surface area contributed by atoms with Crippen LogP contribution in [0.2, 0.25) is 11.1 Å². The third-order valence-corrected chi connectivity index (χ3v) is 8.54. The zero-order valence-corrected chi connectivity index (χ0v) is 13.7.